The summed E-state index contributed by atoms with van der Waals surface area (Å²) in [6, 6.07) is 2.29. The Morgan fingerprint density at radius 3 is 2.59 bits per heavy atom. The van der Waals surface area contributed by atoms with Gasteiger partial charge in [0, 0.05) is 0 Å². The molecule has 17 heavy (non-hydrogen) atoms. The van der Waals surface area contributed by atoms with Crippen LogP contribution >= 0.6 is 0 Å². The van der Waals surface area contributed by atoms with Gasteiger partial charge in [0.05, 0.1) is 12.0 Å². The Bertz CT molecular complexity index is 500. The topological polar surface area (TPSA) is 82.0 Å². The van der Waals surface area contributed by atoms with Crippen LogP contribution in [-0.2, 0) is 11.0 Å². The zero-order valence-electron chi connectivity index (χ0n) is 8.51. The van der Waals surface area contributed by atoms with Gasteiger partial charge in [0.1, 0.15) is 5.82 Å². The van der Waals surface area contributed by atoms with Crippen molar-refractivity contribution in [1.29, 1.82) is 0 Å². The van der Waals surface area contributed by atoms with Gasteiger partial charge in [-0.3, -0.25) is 4.79 Å². The van der Waals surface area contributed by atoms with E-state index in [1.54, 1.807) is 0 Å². The first kappa shape index (κ1) is 12.8. The summed E-state index contributed by atoms with van der Waals surface area (Å²) in [5.74, 6) is 3.45. The molecule has 4 nitrogen and oxygen atoms in total. The molecule has 0 aliphatic heterocycles. The largest absolute Gasteiger partial charge is 0.434 e. The monoisotopic (exact) mass is 243 g/mol. The summed E-state index contributed by atoms with van der Waals surface area (Å²) in [5, 5.41) is 0. The number of rotatable bonds is 1. The van der Waals surface area contributed by atoms with E-state index in [1.165, 1.54) is 6.07 Å². The van der Waals surface area contributed by atoms with Crippen molar-refractivity contribution in [1.82, 2.24) is 4.98 Å². The van der Waals surface area contributed by atoms with Crippen LogP contribution in [0, 0.1) is 11.8 Å². The van der Waals surface area contributed by atoms with Gasteiger partial charge in [-0.25, -0.2) is 4.98 Å². The number of nitrogens with zero attached hydrogens (tertiary/aromatic N) is 1. The van der Waals surface area contributed by atoms with Crippen molar-refractivity contribution >= 4 is 11.7 Å². The first-order chi connectivity index (χ1) is 7.80. The van der Waals surface area contributed by atoms with Gasteiger partial charge in [-0.15, -0.1) is 0 Å². The van der Waals surface area contributed by atoms with E-state index in [-0.39, 0.29) is 17.8 Å². The highest BCUT2D eigenvalue weighted by Gasteiger charge is 2.35. The number of anilines is 1. The lowest BCUT2D eigenvalue weighted by Crippen LogP contribution is -2.12. The first-order valence-electron chi connectivity index (χ1n) is 4.41. The van der Waals surface area contributed by atoms with E-state index >= 15 is 0 Å². The molecule has 1 amide bonds. The van der Waals surface area contributed by atoms with E-state index in [9.17, 15) is 18.0 Å². The molecule has 0 aliphatic carbocycles. The third-order valence-corrected chi connectivity index (χ3v) is 1.67. The van der Waals surface area contributed by atoms with Crippen molar-refractivity contribution in [2.45, 2.75) is 12.6 Å². The van der Waals surface area contributed by atoms with Gasteiger partial charge in [-0.05, 0) is 12.1 Å². The summed E-state index contributed by atoms with van der Waals surface area (Å²) in [6.07, 6.45) is -4.96. The maximum Gasteiger partial charge on any atom is 0.434 e. The molecule has 0 fully saturated rings. The van der Waals surface area contributed by atoms with E-state index in [0.717, 1.165) is 6.07 Å². The Morgan fingerprint density at radius 1 is 1.41 bits per heavy atom. The number of pyridine rings is 1. The minimum atomic E-state index is -4.65. The number of halogens is 3. The number of carbonyl (C=O) groups excluding carboxylic acids is 1. The molecule has 0 bridgehead atoms. The molecular weight excluding hydrogens is 235 g/mol. The highest BCUT2D eigenvalue weighted by atomic mass is 19.4. The molecule has 0 saturated heterocycles. The highest BCUT2D eigenvalue weighted by molar-refractivity contribution is 5.76. The van der Waals surface area contributed by atoms with E-state index in [4.69, 9.17) is 11.5 Å². The second-order valence-corrected chi connectivity index (χ2v) is 3.07. The first-order valence-corrected chi connectivity index (χ1v) is 4.41. The molecule has 1 aromatic heterocycles. The molecule has 7 heteroatoms. The lowest BCUT2D eigenvalue weighted by Gasteiger charge is -2.08. The third-order valence-electron chi connectivity index (χ3n) is 1.67. The smallest absolute Gasteiger partial charge is 0.384 e. The molecule has 1 heterocycles. The second-order valence-electron chi connectivity index (χ2n) is 3.07. The van der Waals surface area contributed by atoms with Gasteiger partial charge >= 0.3 is 6.18 Å². The number of amides is 1. The summed E-state index contributed by atoms with van der Waals surface area (Å²) in [7, 11) is 0. The van der Waals surface area contributed by atoms with Gasteiger partial charge < -0.3 is 11.5 Å². The zero-order valence-corrected chi connectivity index (χ0v) is 8.51. The van der Waals surface area contributed by atoms with Gasteiger partial charge in [0.2, 0.25) is 5.91 Å². The number of nitrogens with two attached hydrogens (primary N) is 2. The molecule has 0 atom stereocenters. The Balaban J connectivity index is 3.14. The van der Waals surface area contributed by atoms with E-state index < -0.39 is 17.8 Å². The number of aromatic nitrogens is 1. The van der Waals surface area contributed by atoms with Crippen molar-refractivity contribution < 1.29 is 18.0 Å². The van der Waals surface area contributed by atoms with Gasteiger partial charge in [0.15, 0.2) is 5.69 Å². The maximum atomic E-state index is 12.5. The van der Waals surface area contributed by atoms with Crippen LogP contribution in [0.25, 0.3) is 0 Å². The van der Waals surface area contributed by atoms with Gasteiger partial charge in [-0.1, -0.05) is 11.8 Å². The van der Waals surface area contributed by atoms with Crippen LogP contribution in [0.1, 0.15) is 17.7 Å². The van der Waals surface area contributed by atoms with Crippen LogP contribution in [0.2, 0.25) is 0 Å². The van der Waals surface area contributed by atoms with Crippen LogP contribution in [0.4, 0.5) is 19.0 Å². The van der Waals surface area contributed by atoms with E-state index in [0.29, 0.717) is 0 Å². The number of alkyl halides is 3. The fourth-order valence-corrected chi connectivity index (χ4v) is 1.02. The molecule has 0 spiro atoms. The van der Waals surface area contributed by atoms with E-state index in [1.807, 2.05) is 0 Å². The number of hydrogen-bond donors (Lipinski definition) is 2. The minimum Gasteiger partial charge on any atom is -0.384 e. The number of nitrogen functional groups attached to an aromatic ring is 1. The Kier molecular flexibility index (Phi) is 3.58. The predicted molar refractivity (Wildman–Crippen MR) is 54.3 cm³/mol. The fraction of sp³-hybridized carbons (Fsp3) is 0.200. The molecule has 0 aliphatic rings. The van der Waals surface area contributed by atoms with Crippen LogP contribution in [0.3, 0.4) is 0 Å². The van der Waals surface area contributed by atoms with Crippen molar-refractivity contribution in [3.63, 3.8) is 0 Å². The number of hydrogen-bond acceptors (Lipinski definition) is 3. The Morgan fingerprint density at radius 2 is 2.06 bits per heavy atom. The average molecular weight is 243 g/mol. The fourth-order valence-electron chi connectivity index (χ4n) is 1.02. The Labute approximate surface area is 94.8 Å². The second kappa shape index (κ2) is 4.74. The molecule has 1 rings (SSSR count). The quantitative estimate of drug-likeness (QED) is 0.719. The number of primary amides is 1. The third kappa shape index (κ3) is 3.68. The standard InChI is InChI=1S/C10H8F3N3O/c11-10(12,13)9-6(2-1-3-8(15)17)4-5-7(14)16-9/h4-5H,3H2,(H2,14,16)(H2,15,17). The molecule has 0 radical (unpaired) electrons. The van der Waals surface area contributed by atoms with E-state index in [2.05, 4.69) is 16.8 Å². The van der Waals surface area contributed by atoms with Crippen LogP contribution in [0.15, 0.2) is 12.1 Å². The van der Waals surface area contributed by atoms with Gasteiger partial charge in [-0.2, -0.15) is 13.2 Å². The van der Waals surface area contributed by atoms with Crippen LogP contribution in [-0.4, -0.2) is 10.9 Å². The van der Waals surface area contributed by atoms with Crippen LogP contribution < -0.4 is 11.5 Å². The summed E-state index contributed by atoms with van der Waals surface area (Å²) < 4.78 is 37.6. The van der Waals surface area contributed by atoms with Crippen LogP contribution in [0.5, 0.6) is 0 Å². The van der Waals surface area contributed by atoms with Crippen molar-refractivity contribution in [3.8, 4) is 11.8 Å². The predicted octanol–water partition coefficient (Wildman–Crippen LogP) is 0.910. The van der Waals surface area contributed by atoms with Gasteiger partial charge in [0.25, 0.3) is 0 Å². The highest BCUT2D eigenvalue weighted by Crippen LogP contribution is 2.30. The minimum absolute atomic E-state index is 0.252. The summed E-state index contributed by atoms with van der Waals surface area (Å²) >= 11 is 0. The van der Waals surface area contributed by atoms with Crippen molar-refractivity contribution in [2.24, 2.45) is 5.73 Å². The molecule has 0 saturated carbocycles. The zero-order chi connectivity index (χ0) is 13.1. The average Bonchev–Trinajstić information content (AvgIpc) is 2.18. The molecule has 0 unspecified atom stereocenters. The molecule has 4 N–H and O–H groups in total. The summed E-state index contributed by atoms with van der Waals surface area (Å²) in [4.78, 5) is 13.6. The van der Waals surface area contributed by atoms with Crippen molar-refractivity contribution in [3.05, 3.63) is 23.4 Å². The lowest BCUT2D eigenvalue weighted by atomic mass is 10.2. The molecule has 0 aromatic carbocycles. The SMILES string of the molecule is NC(=O)CC#Cc1ccc(N)nc1C(F)(F)F. The van der Waals surface area contributed by atoms with Crippen molar-refractivity contribution in [2.75, 3.05) is 5.73 Å². The summed E-state index contributed by atoms with van der Waals surface area (Å²) in [5.41, 5.74) is 8.46. The Hall–Kier alpha value is -2.23. The number of carbonyl (C=O) groups is 1. The normalized spacial score (nSPS) is 10.5. The molecule has 1 aromatic rings. The maximum absolute atomic E-state index is 12.5. The molecular formula is C10H8F3N3O. The summed E-state index contributed by atoms with van der Waals surface area (Å²) in [6.45, 7) is 0. The lowest BCUT2D eigenvalue weighted by molar-refractivity contribution is -0.141. The molecule has 90 valence electrons.